The highest BCUT2D eigenvalue weighted by Crippen LogP contribution is 2.12. The zero-order chi connectivity index (χ0) is 15.4. The molecule has 1 atom stereocenters. The number of nitrogens with zero attached hydrogens (tertiary/aromatic N) is 1. The Morgan fingerprint density at radius 3 is 2.81 bits per heavy atom. The summed E-state index contributed by atoms with van der Waals surface area (Å²) in [6.07, 6.45) is 2.91. The van der Waals surface area contributed by atoms with Crippen LogP contribution in [-0.2, 0) is 14.4 Å². The molecule has 0 aliphatic carbocycles. The molecule has 3 amide bonds. The van der Waals surface area contributed by atoms with E-state index in [-0.39, 0.29) is 12.1 Å². The Morgan fingerprint density at radius 2 is 2.14 bits per heavy atom. The first kappa shape index (κ1) is 14.9. The van der Waals surface area contributed by atoms with Crippen LogP contribution in [-0.4, -0.2) is 35.2 Å². The summed E-state index contributed by atoms with van der Waals surface area (Å²) in [5.74, 6) is -1.94. The van der Waals surface area contributed by atoms with Gasteiger partial charge in [-0.1, -0.05) is 25.1 Å². The van der Waals surface area contributed by atoms with E-state index >= 15 is 0 Å². The summed E-state index contributed by atoms with van der Waals surface area (Å²) >= 11 is 0. The van der Waals surface area contributed by atoms with Gasteiger partial charge in [-0.15, -0.1) is 0 Å². The van der Waals surface area contributed by atoms with Crippen LogP contribution in [0.25, 0.3) is 6.08 Å². The fourth-order valence-electron chi connectivity index (χ4n) is 2.17. The Morgan fingerprint density at radius 1 is 1.43 bits per heavy atom. The molecular weight excluding hydrogens is 275 g/mol. The van der Waals surface area contributed by atoms with Gasteiger partial charge in [0.15, 0.2) is 0 Å². The highest BCUT2D eigenvalue weighted by atomic mass is 19.1. The third-order valence-electron chi connectivity index (χ3n) is 3.24. The molecule has 1 aliphatic rings. The van der Waals surface area contributed by atoms with E-state index in [0.29, 0.717) is 6.42 Å². The topological polar surface area (TPSA) is 66.5 Å². The van der Waals surface area contributed by atoms with Gasteiger partial charge in [0, 0.05) is 11.6 Å². The predicted octanol–water partition coefficient (Wildman–Crippen LogP) is 1.10. The van der Waals surface area contributed by atoms with Crippen molar-refractivity contribution in [3.8, 4) is 0 Å². The molecule has 0 aromatic heterocycles. The molecule has 1 aliphatic heterocycles. The highest BCUT2D eigenvalue weighted by molar-refractivity contribution is 6.06. The number of hydrogen-bond donors (Lipinski definition) is 1. The molecule has 1 heterocycles. The molecule has 21 heavy (non-hydrogen) atoms. The number of carbonyl (C=O) groups excluding carboxylic acids is 3. The second kappa shape index (κ2) is 6.30. The molecule has 1 aromatic carbocycles. The zero-order valence-corrected chi connectivity index (χ0v) is 11.5. The van der Waals surface area contributed by atoms with Gasteiger partial charge in [-0.05, 0) is 18.6 Å². The minimum absolute atomic E-state index is 0.176. The van der Waals surface area contributed by atoms with Gasteiger partial charge in [-0.25, -0.2) is 4.39 Å². The molecule has 1 aromatic rings. The fraction of sp³-hybridized carbons (Fsp3) is 0.267. The quantitative estimate of drug-likeness (QED) is 0.669. The van der Waals surface area contributed by atoms with Gasteiger partial charge in [0.05, 0.1) is 0 Å². The molecule has 1 unspecified atom stereocenters. The number of carbonyl (C=O) groups is 3. The Kier molecular flexibility index (Phi) is 4.47. The average Bonchev–Trinajstić information content (AvgIpc) is 2.45. The molecule has 2 rings (SSSR count). The smallest absolute Gasteiger partial charge is 0.249 e. The molecule has 6 heteroatoms. The van der Waals surface area contributed by atoms with E-state index in [2.05, 4.69) is 5.32 Å². The van der Waals surface area contributed by atoms with Gasteiger partial charge in [-0.2, -0.15) is 0 Å². The second-order valence-corrected chi connectivity index (χ2v) is 4.66. The number of benzene rings is 1. The SMILES string of the molecule is CCC1C(=O)NC(=O)CN1C(=O)C=Cc1ccccc1F. The number of amides is 3. The van der Waals surface area contributed by atoms with Crippen LogP contribution in [0.4, 0.5) is 4.39 Å². The standard InChI is InChI=1S/C15H15FN2O3/c1-2-12-15(21)17-13(19)9-18(12)14(20)8-7-10-5-3-4-6-11(10)16/h3-8,12H,2,9H2,1H3,(H,17,19,21). The van der Waals surface area contributed by atoms with Crippen molar-refractivity contribution in [3.05, 3.63) is 41.7 Å². The lowest BCUT2D eigenvalue weighted by Crippen LogP contribution is -2.59. The minimum Gasteiger partial charge on any atom is -0.318 e. The maximum Gasteiger partial charge on any atom is 0.249 e. The molecule has 1 fully saturated rings. The summed E-state index contributed by atoms with van der Waals surface area (Å²) in [6, 6.07) is 5.34. The van der Waals surface area contributed by atoms with Gasteiger partial charge in [0.25, 0.3) is 0 Å². The molecule has 5 nitrogen and oxygen atoms in total. The minimum atomic E-state index is -0.680. The Hall–Kier alpha value is -2.50. The van der Waals surface area contributed by atoms with Crippen molar-refractivity contribution in [2.45, 2.75) is 19.4 Å². The van der Waals surface area contributed by atoms with Crippen LogP contribution >= 0.6 is 0 Å². The van der Waals surface area contributed by atoms with E-state index in [9.17, 15) is 18.8 Å². The summed E-state index contributed by atoms with van der Waals surface area (Å²) in [6.45, 7) is 1.57. The van der Waals surface area contributed by atoms with Crippen LogP contribution in [0.3, 0.4) is 0 Å². The van der Waals surface area contributed by atoms with E-state index in [1.807, 2.05) is 0 Å². The van der Waals surface area contributed by atoms with E-state index in [4.69, 9.17) is 0 Å². The lowest BCUT2D eigenvalue weighted by Gasteiger charge is -2.32. The van der Waals surface area contributed by atoms with Crippen molar-refractivity contribution < 1.29 is 18.8 Å². The third kappa shape index (κ3) is 3.34. The molecule has 110 valence electrons. The molecule has 0 spiro atoms. The number of imide groups is 1. The maximum atomic E-state index is 13.5. The molecule has 0 bridgehead atoms. The number of nitrogens with one attached hydrogen (secondary N) is 1. The van der Waals surface area contributed by atoms with E-state index < -0.39 is 29.6 Å². The van der Waals surface area contributed by atoms with E-state index in [0.717, 1.165) is 0 Å². The van der Waals surface area contributed by atoms with Crippen molar-refractivity contribution in [1.29, 1.82) is 0 Å². The molecule has 0 radical (unpaired) electrons. The first-order valence-electron chi connectivity index (χ1n) is 6.60. The van der Waals surface area contributed by atoms with Crippen LogP contribution in [0, 0.1) is 5.82 Å². The number of hydrogen-bond acceptors (Lipinski definition) is 3. The first-order valence-corrected chi connectivity index (χ1v) is 6.60. The maximum absolute atomic E-state index is 13.5. The zero-order valence-electron chi connectivity index (χ0n) is 11.5. The lowest BCUT2D eigenvalue weighted by molar-refractivity contribution is -0.147. The van der Waals surface area contributed by atoms with Crippen molar-refractivity contribution in [1.82, 2.24) is 10.2 Å². The van der Waals surface area contributed by atoms with Crippen molar-refractivity contribution in [2.24, 2.45) is 0 Å². The van der Waals surface area contributed by atoms with Crippen LogP contribution < -0.4 is 5.32 Å². The van der Waals surface area contributed by atoms with Crippen molar-refractivity contribution in [3.63, 3.8) is 0 Å². The highest BCUT2D eigenvalue weighted by Gasteiger charge is 2.34. The average molecular weight is 290 g/mol. The van der Waals surface area contributed by atoms with E-state index in [1.165, 1.54) is 29.2 Å². The summed E-state index contributed by atoms with van der Waals surface area (Å²) < 4.78 is 13.5. The van der Waals surface area contributed by atoms with Gasteiger partial charge < -0.3 is 4.90 Å². The third-order valence-corrected chi connectivity index (χ3v) is 3.24. The van der Waals surface area contributed by atoms with Crippen molar-refractivity contribution >= 4 is 23.8 Å². The number of piperazine rings is 1. The number of halogens is 1. The van der Waals surface area contributed by atoms with Crippen LogP contribution in [0.15, 0.2) is 30.3 Å². The summed E-state index contributed by atoms with van der Waals surface area (Å²) in [5.41, 5.74) is 0.270. The summed E-state index contributed by atoms with van der Waals surface area (Å²) in [7, 11) is 0. The Labute approximate surface area is 121 Å². The van der Waals surface area contributed by atoms with E-state index in [1.54, 1.807) is 19.1 Å². The molecule has 1 N–H and O–H groups in total. The van der Waals surface area contributed by atoms with Gasteiger partial charge in [0.1, 0.15) is 18.4 Å². The molecule has 0 saturated carbocycles. The van der Waals surface area contributed by atoms with Crippen molar-refractivity contribution in [2.75, 3.05) is 6.54 Å². The first-order chi connectivity index (χ1) is 10.0. The summed E-state index contributed by atoms with van der Waals surface area (Å²) in [5, 5.41) is 2.19. The summed E-state index contributed by atoms with van der Waals surface area (Å²) in [4.78, 5) is 36.4. The van der Waals surface area contributed by atoms with Gasteiger partial charge in [-0.3, -0.25) is 19.7 Å². The normalized spacial score (nSPS) is 19.0. The van der Waals surface area contributed by atoms with Crippen LogP contribution in [0.1, 0.15) is 18.9 Å². The van der Waals surface area contributed by atoms with Gasteiger partial charge in [0.2, 0.25) is 17.7 Å². The monoisotopic (exact) mass is 290 g/mol. The fourth-order valence-corrected chi connectivity index (χ4v) is 2.17. The van der Waals surface area contributed by atoms with Crippen LogP contribution in [0.5, 0.6) is 0 Å². The second-order valence-electron chi connectivity index (χ2n) is 4.66. The van der Waals surface area contributed by atoms with Gasteiger partial charge >= 0.3 is 0 Å². The number of rotatable bonds is 3. The Bertz CT molecular complexity index is 613. The molecule has 1 saturated heterocycles. The predicted molar refractivity (Wildman–Crippen MR) is 74.4 cm³/mol. The largest absolute Gasteiger partial charge is 0.318 e. The Balaban J connectivity index is 2.16. The molecular formula is C15H15FN2O3. The van der Waals surface area contributed by atoms with Crippen LogP contribution in [0.2, 0.25) is 0 Å². The lowest BCUT2D eigenvalue weighted by atomic mass is 10.1.